The Balaban J connectivity index is 2.08. The topological polar surface area (TPSA) is 86.9 Å². The number of amides is 2. The van der Waals surface area contributed by atoms with Crippen molar-refractivity contribution in [1.82, 2.24) is 9.80 Å². The Morgan fingerprint density at radius 3 is 2.34 bits per heavy atom. The molecular weight excluding hydrogens is 416 g/mol. The Morgan fingerprint density at radius 2 is 1.75 bits per heavy atom. The summed E-state index contributed by atoms with van der Waals surface area (Å²) in [5.41, 5.74) is 6.43. The van der Waals surface area contributed by atoms with E-state index in [9.17, 15) is 23.5 Å². The summed E-state index contributed by atoms with van der Waals surface area (Å²) in [6, 6.07) is 9.51. The van der Waals surface area contributed by atoms with Crippen molar-refractivity contribution in [2.24, 2.45) is 5.73 Å². The zero-order chi connectivity index (χ0) is 23.4. The van der Waals surface area contributed by atoms with Crippen LogP contribution in [0.3, 0.4) is 0 Å². The van der Waals surface area contributed by atoms with Crippen LogP contribution in [0.5, 0.6) is 0 Å². The second kappa shape index (κ2) is 10.1. The molecule has 0 aliphatic carbocycles. The number of likely N-dealkylation sites (N-methyl/N-ethyl adjacent to an activating group) is 1. The molecule has 0 radical (unpaired) electrons. The van der Waals surface area contributed by atoms with Gasteiger partial charge in [0.25, 0.3) is 5.91 Å². The summed E-state index contributed by atoms with van der Waals surface area (Å²) in [5.74, 6) is -3.57. The standard InChI is InChI=1S/C24H27F2N3O3/c1-15(27)23(31)29(24(32)22(30)17-12-18(25)14-19(26)13-17)20-10-6-7-11-28(2)21(20)16-8-4-3-5-9-16/h3-6,8-10,12-15,20-22,30H,7,11,27H2,1-2H3/t15-,20-,21?,22+/m0/s1. The molecule has 0 fully saturated rings. The van der Waals surface area contributed by atoms with Crippen molar-refractivity contribution < 1.29 is 23.5 Å². The molecule has 1 unspecified atom stereocenters. The van der Waals surface area contributed by atoms with Crippen LogP contribution in [0.25, 0.3) is 0 Å². The maximum atomic E-state index is 13.7. The number of nitrogens with two attached hydrogens (primary N) is 1. The monoisotopic (exact) mass is 443 g/mol. The van der Waals surface area contributed by atoms with Crippen molar-refractivity contribution in [1.29, 1.82) is 0 Å². The van der Waals surface area contributed by atoms with Gasteiger partial charge >= 0.3 is 0 Å². The van der Waals surface area contributed by atoms with Crippen LogP contribution in [-0.2, 0) is 9.59 Å². The lowest BCUT2D eigenvalue weighted by atomic mass is 9.95. The van der Waals surface area contributed by atoms with Gasteiger partial charge in [0.2, 0.25) is 5.91 Å². The Kier molecular flexibility index (Phi) is 7.50. The van der Waals surface area contributed by atoms with Crippen molar-refractivity contribution in [3.8, 4) is 0 Å². The van der Waals surface area contributed by atoms with Crippen LogP contribution < -0.4 is 5.73 Å². The molecule has 0 aromatic heterocycles. The normalized spacial score (nSPS) is 20.9. The number of imide groups is 1. The molecule has 0 bridgehead atoms. The van der Waals surface area contributed by atoms with Crippen molar-refractivity contribution in [3.05, 3.63) is 83.4 Å². The molecule has 8 heteroatoms. The molecule has 0 saturated carbocycles. The molecule has 2 aromatic carbocycles. The number of rotatable bonds is 5. The average Bonchev–Trinajstić information content (AvgIpc) is 2.94. The van der Waals surface area contributed by atoms with E-state index in [2.05, 4.69) is 0 Å². The van der Waals surface area contributed by atoms with E-state index in [1.54, 1.807) is 6.08 Å². The predicted molar refractivity (Wildman–Crippen MR) is 116 cm³/mol. The zero-order valence-corrected chi connectivity index (χ0v) is 18.0. The number of benzene rings is 2. The Labute approximate surface area is 185 Å². The molecule has 0 spiro atoms. The number of halogens is 2. The summed E-state index contributed by atoms with van der Waals surface area (Å²) in [6.45, 7) is 2.12. The lowest BCUT2D eigenvalue weighted by molar-refractivity contribution is -0.154. The number of carbonyl (C=O) groups excluding carboxylic acids is 2. The van der Waals surface area contributed by atoms with Gasteiger partial charge in [0.05, 0.1) is 18.1 Å². The van der Waals surface area contributed by atoms with E-state index in [0.717, 1.165) is 22.6 Å². The number of aliphatic hydroxyl groups is 1. The summed E-state index contributed by atoms with van der Waals surface area (Å²) < 4.78 is 27.4. The highest BCUT2D eigenvalue weighted by Crippen LogP contribution is 2.32. The smallest absolute Gasteiger partial charge is 0.263 e. The number of hydrogen-bond acceptors (Lipinski definition) is 5. The summed E-state index contributed by atoms with van der Waals surface area (Å²) in [5, 5.41) is 10.7. The molecular formula is C24H27F2N3O3. The van der Waals surface area contributed by atoms with E-state index >= 15 is 0 Å². The minimum atomic E-state index is -1.94. The van der Waals surface area contributed by atoms with E-state index in [4.69, 9.17) is 5.73 Å². The summed E-state index contributed by atoms with van der Waals surface area (Å²) in [4.78, 5) is 29.5. The summed E-state index contributed by atoms with van der Waals surface area (Å²) >= 11 is 0. The molecule has 170 valence electrons. The van der Waals surface area contributed by atoms with E-state index in [-0.39, 0.29) is 5.56 Å². The minimum absolute atomic E-state index is 0.280. The molecule has 1 aliphatic rings. The number of hydrogen-bond donors (Lipinski definition) is 2. The Hall–Kier alpha value is -2.94. The van der Waals surface area contributed by atoms with Gasteiger partial charge in [-0.2, -0.15) is 0 Å². The molecule has 2 aromatic rings. The third kappa shape index (κ3) is 5.09. The van der Waals surface area contributed by atoms with E-state index in [0.29, 0.717) is 19.0 Å². The second-order valence-corrected chi connectivity index (χ2v) is 7.98. The van der Waals surface area contributed by atoms with Gasteiger partial charge in [-0.05, 0) is 43.7 Å². The highest BCUT2D eigenvalue weighted by atomic mass is 19.1. The van der Waals surface area contributed by atoms with Gasteiger partial charge in [-0.15, -0.1) is 0 Å². The van der Waals surface area contributed by atoms with Crippen LogP contribution >= 0.6 is 0 Å². The van der Waals surface area contributed by atoms with Crippen LogP contribution in [0, 0.1) is 11.6 Å². The van der Waals surface area contributed by atoms with E-state index < -0.39 is 47.7 Å². The van der Waals surface area contributed by atoms with Gasteiger partial charge in [0, 0.05) is 12.6 Å². The summed E-state index contributed by atoms with van der Waals surface area (Å²) in [6.07, 6.45) is 2.37. The first-order valence-corrected chi connectivity index (χ1v) is 10.4. The fourth-order valence-corrected chi connectivity index (χ4v) is 3.98. The highest BCUT2D eigenvalue weighted by molar-refractivity contribution is 6.00. The largest absolute Gasteiger partial charge is 0.378 e. The van der Waals surface area contributed by atoms with E-state index in [1.165, 1.54) is 6.92 Å². The van der Waals surface area contributed by atoms with Crippen LogP contribution in [0.15, 0.2) is 60.7 Å². The summed E-state index contributed by atoms with van der Waals surface area (Å²) in [7, 11) is 1.88. The van der Waals surface area contributed by atoms with Gasteiger partial charge < -0.3 is 10.8 Å². The maximum absolute atomic E-state index is 13.7. The van der Waals surface area contributed by atoms with Crippen LogP contribution in [0.4, 0.5) is 8.78 Å². The molecule has 0 saturated heterocycles. The SMILES string of the molecule is C[C@H](N)C(=O)N(C(=O)[C@H](O)c1cc(F)cc(F)c1)[C@H]1C=CCCN(C)C1c1ccccc1. The Morgan fingerprint density at radius 1 is 1.12 bits per heavy atom. The molecule has 32 heavy (non-hydrogen) atoms. The zero-order valence-electron chi connectivity index (χ0n) is 18.0. The quantitative estimate of drug-likeness (QED) is 0.694. The van der Waals surface area contributed by atoms with E-state index in [1.807, 2.05) is 48.4 Å². The van der Waals surface area contributed by atoms with Gasteiger partial charge in [-0.25, -0.2) is 8.78 Å². The van der Waals surface area contributed by atoms with Crippen LogP contribution in [0.2, 0.25) is 0 Å². The second-order valence-electron chi connectivity index (χ2n) is 7.98. The van der Waals surface area contributed by atoms with Crippen molar-refractivity contribution in [2.45, 2.75) is 37.6 Å². The lowest BCUT2D eigenvalue weighted by Crippen LogP contribution is -2.55. The van der Waals surface area contributed by atoms with Crippen molar-refractivity contribution >= 4 is 11.8 Å². The van der Waals surface area contributed by atoms with Gasteiger partial charge in [0.1, 0.15) is 11.6 Å². The first kappa shape index (κ1) is 23.7. The molecule has 1 aliphatic heterocycles. The van der Waals surface area contributed by atoms with Crippen LogP contribution in [0.1, 0.15) is 36.6 Å². The molecule has 4 atom stereocenters. The highest BCUT2D eigenvalue weighted by Gasteiger charge is 2.40. The molecule has 1 heterocycles. The molecule has 2 amide bonds. The fraction of sp³-hybridized carbons (Fsp3) is 0.333. The van der Waals surface area contributed by atoms with Gasteiger partial charge in [-0.3, -0.25) is 19.4 Å². The van der Waals surface area contributed by atoms with Gasteiger partial charge in [-0.1, -0.05) is 42.5 Å². The average molecular weight is 443 g/mol. The predicted octanol–water partition coefficient (Wildman–Crippen LogP) is 2.70. The Bertz CT molecular complexity index is 977. The first-order chi connectivity index (χ1) is 15.2. The first-order valence-electron chi connectivity index (χ1n) is 10.4. The molecule has 6 nitrogen and oxygen atoms in total. The number of carbonyl (C=O) groups is 2. The lowest BCUT2D eigenvalue weighted by Gasteiger charge is -2.39. The number of aliphatic hydroxyl groups excluding tert-OH is 1. The van der Waals surface area contributed by atoms with Crippen LogP contribution in [-0.4, -0.2) is 52.4 Å². The molecule has 3 N–H and O–H groups in total. The number of nitrogens with zero attached hydrogens (tertiary/aromatic N) is 2. The van der Waals surface area contributed by atoms with Gasteiger partial charge in [0.15, 0.2) is 6.10 Å². The van der Waals surface area contributed by atoms with Crippen molar-refractivity contribution in [3.63, 3.8) is 0 Å². The maximum Gasteiger partial charge on any atom is 0.263 e. The van der Waals surface area contributed by atoms with Crippen molar-refractivity contribution in [2.75, 3.05) is 13.6 Å². The third-order valence-corrected chi connectivity index (χ3v) is 5.52. The fourth-order valence-electron chi connectivity index (χ4n) is 3.98. The third-order valence-electron chi connectivity index (χ3n) is 5.52. The molecule has 3 rings (SSSR count). The minimum Gasteiger partial charge on any atom is -0.378 e.